The Hall–Kier alpha value is -2.00. The number of hydrogen-bond acceptors (Lipinski definition) is 3. The fourth-order valence-electron chi connectivity index (χ4n) is 3.97. The number of nitrogens with zero attached hydrogens (tertiary/aromatic N) is 1. The fourth-order valence-corrected chi connectivity index (χ4v) is 3.97. The predicted octanol–water partition coefficient (Wildman–Crippen LogP) is 3.40. The first kappa shape index (κ1) is 14.6. The monoisotopic (exact) mass is 308 g/mol. The number of benzene rings is 2. The molecular formula is C20H24N2O. The van der Waals surface area contributed by atoms with E-state index >= 15 is 0 Å². The minimum absolute atomic E-state index is 0.673. The Morgan fingerprint density at radius 2 is 2.04 bits per heavy atom. The van der Waals surface area contributed by atoms with E-state index < -0.39 is 0 Å². The zero-order valence-electron chi connectivity index (χ0n) is 13.9. The van der Waals surface area contributed by atoms with Gasteiger partial charge in [0.25, 0.3) is 0 Å². The van der Waals surface area contributed by atoms with Crippen LogP contribution in [-0.4, -0.2) is 32.8 Å². The zero-order chi connectivity index (χ0) is 15.8. The molecule has 2 aromatic carbocycles. The summed E-state index contributed by atoms with van der Waals surface area (Å²) in [6, 6.07) is 14.0. The van der Waals surface area contributed by atoms with Gasteiger partial charge in [-0.1, -0.05) is 18.2 Å². The summed E-state index contributed by atoms with van der Waals surface area (Å²) in [7, 11) is 1.72. The largest absolute Gasteiger partial charge is 0.497 e. The van der Waals surface area contributed by atoms with Gasteiger partial charge < -0.3 is 15.0 Å². The number of hydrogen-bond donors (Lipinski definition) is 1. The number of anilines is 1. The van der Waals surface area contributed by atoms with Gasteiger partial charge in [0.1, 0.15) is 5.75 Å². The zero-order valence-corrected chi connectivity index (χ0v) is 13.9. The molecule has 0 aliphatic carbocycles. The van der Waals surface area contributed by atoms with Crippen molar-refractivity contribution in [1.29, 1.82) is 0 Å². The molecule has 1 fully saturated rings. The lowest BCUT2D eigenvalue weighted by molar-refractivity contribution is 0.414. The molecule has 23 heavy (non-hydrogen) atoms. The summed E-state index contributed by atoms with van der Waals surface area (Å²) >= 11 is 0. The van der Waals surface area contributed by atoms with Crippen LogP contribution >= 0.6 is 0 Å². The van der Waals surface area contributed by atoms with Crippen LogP contribution in [0, 0.1) is 6.92 Å². The van der Waals surface area contributed by atoms with Crippen molar-refractivity contribution in [2.75, 3.05) is 31.6 Å². The molecule has 1 saturated heterocycles. The van der Waals surface area contributed by atoms with Crippen molar-refractivity contribution in [2.24, 2.45) is 0 Å². The molecule has 0 aromatic heterocycles. The summed E-state index contributed by atoms with van der Waals surface area (Å²) in [5, 5.41) is 3.52. The SMILES string of the molecule is COc1ccc(-c2ccc3c(c2)N2CCNCCC2C3)c(C)c1. The normalized spacial score (nSPS) is 19.9. The summed E-state index contributed by atoms with van der Waals surface area (Å²) in [6.45, 7) is 5.49. The third kappa shape index (κ3) is 2.59. The van der Waals surface area contributed by atoms with E-state index in [0.29, 0.717) is 6.04 Å². The van der Waals surface area contributed by atoms with Gasteiger partial charge in [-0.15, -0.1) is 0 Å². The Morgan fingerprint density at radius 3 is 2.87 bits per heavy atom. The van der Waals surface area contributed by atoms with E-state index in [1.54, 1.807) is 7.11 Å². The minimum atomic E-state index is 0.673. The van der Waals surface area contributed by atoms with Crippen molar-refractivity contribution in [3.8, 4) is 16.9 Å². The molecule has 2 heterocycles. The lowest BCUT2D eigenvalue weighted by Gasteiger charge is -2.25. The van der Waals surface area contributed by atoms with Crippen LogP contribution in [0.2, 0.25) is 0 Å². The topological polar surface area (TPSA) is 24.5 Å². The highest BCUT2D eigenvalue weighted by Gasteiger charge is 2.30. The van der Waals surface area contributed by atoms with Crippen molar-refractivity contribution in [2.45, 2.75) is 25.8 Å². The highest BCUT2D eigenvalue weighted by Crippen LogP contribution is 2.38. The smallest absolute Gasteiger partial charge is 0.119 e. The third-order valence-corrected chi connectivity index (χ3v) is 5.22. The van der Waals surface area contributed by atoms with Crippen LogP contribution in [0.4, 0.5) is 5.69 Å². The van der Waals surface area contributed by atoms with Crippen molar-refractivity contribution < 1.29 is 4.74 Å². The number of methoxy groups -OCH3 is 1. The molecule has 1 unspecified atom stereocenters. The van der Waals surface area contributed by atoms with E-state index in [2.05, 4.69) is 47.5 Å². The van der Waals surface area contributed by atoms with Crippen molar-refractivity contribution in [1.82, 2.24) is 5.32 Å². The van der Waals surface area contributed by atoms with Crippen molar-refractivity contribution in [3.05, 3.63) is 47.5 Å². The molecule has 2 aromatic rings. The second-order valence-electron chi connectivity index (χ2n) is 6.61. The van der Waals surface area contributed by atoms with Crippen LogP contribution in [-0.2, 0) is 6.42 Å². The highest BCUT2D eigenvalue weighted by atomic mass is 16.5. The molecule has 1 N–H and O–H groups in total. The van der Waals surface area contributed by atoms with E-state index in [1.807, 2.05) is 6.07 Å². The molecular weight excluding hydrogens is 284 g/mol. The Labute approximate surface area is 138 Å². The molecule has 2 aliphatic rings. The quantitative estimate of drug-likeness (QED) is 0.920. The maximum absolute atomic E-state index is 5.33. The molecule has 4 rings (SSSR count). The van der Waals surface area contributed by atoms with Gasteiger partial charge in [-0.2, -0.15) is 0 Å². The summed E-state index contributed by atoms with van der Waals surface area (Å²) in [6.07, 6.45) is 2.43. The third-order valence-electron chi connectivity index (χ3n) is 5.22. The molecule has 3 nitrogen and oxygen atoms in total. The molecule has 3 heteroatoms. The van der Waals surface area contributed by atoms with Crippen LogP contribution in [0.5, 0.6) is 5.75 Å². The van der Waals surface area contributed by atoms with Gasteiger partial charge in [0.05, 0.1) is 7.11 Å². The lowest BCUT2D eigenvalue weighted by Crippen LogP contribution is -2.32. The van der Waals surface area contributed by atoms with Gasteiger partial charge in [-0.25, -0.2) is 0 Å². The highest BCUT2D eigenvalue weighted by molar-refractivity contribution is 5.75. The summed E-state index contributed by atoms with van der Waals surface area (Å²) in [5.41, 5.74) is 6.81. The number of aryl methyl sites for hydroxylation is 1. The molecule has 0 radical (unpaired) electrons. The molecule has 120 valence electrons. The second-order valence-corrected chi connectivity index (χ2v) is 6.61. The first-order valence-corrected chi connectivity index (χ1v) is 8.51. The number of ether oxygens (including phenoxy) is 1. The molecule has 0 bridgehead atoms. The maximum Gasteiger partial charge on any atom is 0.119 e. The van der Waals surface area contributed by atoms with E-state index in [-0.39, 0.29) is 0 Å². The van der Waals surface area contributed by atoms with Gasteiger partial charge in [-0.05, 0) is 66.8 Å². The Bertz CT molecular complexity index is 726. The van der Waals surface area contributed by atoms with Crippen molar-refractivity contribution >= 4 is 5.69 Å². The second kappa shape index (κ2) is 5.89. The predicted molar refractivity (Wildman–Crippen MR) is 95.5 cm³/mol. The van der Waals surface area contributed by atoms with Crippen LogP contribution in [0.1, 0.15) is 17.5 Å². The van der Waals surface area contributed by atoms with Gasteiger partial charge >= 0.3 is 0 Å². The lowest BCUT2D eigenvalue weighted by atomic mass is 9.98. The van der Waals surface area contributed by atoms with Gasteiger partial charge in [0, 0.05) is 24.8 Å². The van der Waals surface area contributed by atoms with E-state index in [4.69, 9.17) is 4.74 Å². The summed E-state index contributed by atoms with van der Waals surface area (Å²) < 4.78 is 5.33. The van der Waals surface area contributed by atoms with Gasteiger partial charge in [-0.3, -0.25) is 0 Å². The number of nitrogens with one attached hydrogen (secondary N) is 1. The Morgan fingerprint density at radius 1 is 1.13 bits per heavy atom. The average Bonchev–Trinajstić information content (AvgIpc) is 2.75. The molecule has 0 saturated carbocycles. The standard InChI is InChI=1S/C20H24N2O/c1-14-11-18(23-2)5-6-19(14)15-3-4-16-12-17-7-8-21-9-10-22(17)20(16)13-15/h3-6,11,13,17,21H,7-10,12H2,1-2H3. The maximum atomic E-state index is 5.33. The fraction of sp³-hybridized carbons (Fsp3) is 0.400. The number of rotatable bonds is 2. The average molecular weight is 308 g/mol. The van der Waals surface area contributed by atoms with Crippen LogP contribution < -0.4 is 15.0 Å². The first-order chi connectivity index (χ1) is 11.3. The van der Waals surface area contributed by atoms with Crippen molar-refractivity contribution in [3.63, 3.8) is 0 Å². The van der Waals surface area contributed by atoms with Crippen LogP contribution in [0.25, 0.3) is 11.1 Å². The Kier molecular flexibility index (Phi) is 3.74. The molecule has 2 aliphatic heterocycles. The molecule has 0 amide bonds. The van der Waals surface area contributed by atoms with E-state index in [1.165, 1.54) is 40.8 Å². The van der Waals surface area contributed by atoms with E-state index in [9.17, 15) is 0 Å². The Balaban J connectivity index is 1.72. The van der Waals surface area contributed by atoms with Crippen LogP contribution in [0.3, 0.4) is 0 Å². The summed E-state index contributed by atoms with van der Waals surface area (Å²) in [4.78, 5) is 2.61. The van der Waals surface area contributed by atoms with Gasteiger partial charge in [0.15, 0.2) is 0 Å². The molecule has 0 spiro atoms. The van der Waals surface area contributed by atoms with E-state index in [0.717, 1.165) is 25.4 Å². The minimum Gasteiger partial charge on any atom is -0.497 e. The first-order valence-electron chi connectivity index (χ1n) is 8.51. The molecule has 1 atom stereocenters. The summed E-state index contributed by atoms with van der Waals surface area (Å²) in [5.74, 6) is 0.922. The van der Waals surface area contributed by atoms with Gasteiger partial charge in [0.2, 0.25) is 0 Å². The number of fused-ring (bicyclic) bond motifs is 3. The van der Waals surface area contributed by atoms with Crippen LogP contribution in [0.15, 0.2) is 36.4 Å².